The van der Waals surface area contributed by atoms with Crippen molar-refractivity contribution in [2.24, 2.45) is 0 Å². The Morgan fingerprint density at radius 2 is 2.21 bits per heavy atom. The van der Waals surface area contributed by atoms with Crippen LogP contribution < -0.4 is 11.1 Å². The summed E-state index contributed by atoms with van der Waals surface area (Å²) in [6.07, 6.45) is 0. The Hall–Kier alpha value is -1.23. The Labute approximate surface area is 83.0 Å². The molecule has 76 valence electrons. The van der Waals surface area contributed by atoms with Crippen LogP contribution in [0.25, 0.3) is 0 Å². The number of nitrogens with two attached hydrogens (primary N) is 1. The SMILES string of the molecule is CC1CS(=O)(=O)c2c(N)cccc2N1. The Morgan fingerprint density at radius 3 is 2.93 bits per heavy atom. The largest absolute Gasteiger partial charge is 0.398 e. The zero-order valence-electron chi connectivity index (χ0n) is 7.82. The molecule has 1 atom stereocenters. The monoisotopic (exact) mass is 212 g/mol. The topological polar surface area (TPSA) is 72.2 Å². The summed E-state index contributed by atoms with van der Waals surface area (Å²) in [6, 6.07) is 5.02. The Balaban J connectivity index is 2.71. The minimum Gasteiger partial charge on any atom is -0.398 e. The van der Waals surface area contributed by atoms with Gasteiger partial charge in [-0.3, -0.25) is 0 Å². The number of hydrogen-bond donors (Lipinski definition) is 2. The van der Waals surface area contributed by atoms with E-state index in [4.69, 9.17) is 5.73 Å². The molecule has 3 N–H and O–H groups in total. The maximum absolute atomic E-state index is 11.8. The number of nitrogens with one attached hydrogen (secondary N) is 1. The highest BCUT2D eigenvalue weighted by Gasteiger charge is 2.29. The number of fused-ring (bicyclic) bond motifs is 1. The second-order valence-electron chi connectivity index (χ2n) is 3.55. The first kappa shape index (κ1) is 9.33. The van der Waals surface area contributed by atoms with Crippen LogP contribution in [0.5, 0.6) is 0 Å². The fourth-order valence-electron chi connectivity index (χ4n) is 1.74. The molecule has 5 heteroatoms. The van der Waals surface area contributed by atoms with E-state index < -0.39 is 9.84 Å². The van der Waals surface area contributed by atoms with Crippen molar-refractivity contribution in [1.82, 2.24) is 0 Å². The standard InChI is InChI=1S/C9H12N2O2S/c1-6-5-14(12,13)9-7(10)3-2-4-8(9)11-6/h2-4,6,11H,5,10H2,1H3. The average Bonchev–Trinajstić information content (AvgIpc) is 2.00. The first-order valence-corrected chi connectivity index (χ1v) is 6.04. The first-order chi connectivity index (χ1) is 6.50. The Bertz CT molecular complexity index is 468. The van der Waals surface area contributed by atoms with Gasteiger partial charge in [-0.25, -0.2) is 8.42 Å². The fourth-order valence-corrected chi connectivity index (χ4v) is 3.53. The van der Waals surface area contributed by atoms with Crippen molar-refractivity contribution in [3.8, 4) is 0 Å². The summed E-state index contributed by atoms with van der Waals surface area (Å²) in [6.45, 7) is 1.84. The third-order valence-corrected chi connectivity index (χ3v) is 4.24. The van der Waals surface area contributed by atoms with Crippen molar-refractivity contribution in [3.05, 3.63) is 18.2 Å². The minimum atomic E-state index is -3.21. The van der Waals surface area contributed by atoms with Gasteiger partial charge in [0.05, 0.1) is 17.1 Å². The molecule has 0 radical (unpaired) electrons. The van der Waals surface area contributed by atoms with Crippen LogP contribution in [-0.4, -0.2) is 20.2 Å². The third kappa shape index (κ3) is 1.33. The number of nitrogen functional groups attached to an aromatic ring is 1. The molecule has 1 aliphatic heterocycles. The minimum absolute atomic E-state index is 0.0608. The van der Waals surface area contributed by atoms with Crippen LogP contribution in [0.4, 0.5) is 11.4 Å². The lowest BCUT2D eigenvalue weighted by Gasteiger charge is -2.24. The lowest BCUT2D eigenvalue weighted by Crippen LogP contribution is -2.32. The van der Waals surface area contributed by atoms with Gasteiger partial charge in [0.2, 0.25) is 0 Å². The van der Waals surface area contributed by atoms with E-state index in [1.165, 1.54) is 0 Å². The summed E-state index contributed by atoms with van der Waals surface area (Å²) in [5.41, 5.74) is 6.58. The predicted molar refractivity (Wildman–Crippen MR) is 56.0 cm³/mol. The van der Waals surface area contributed by atoms with Crippen molar-refractivity contribution in [2.75, 3.05) is 16.8 Å². The van der Waals surface area contributed by atoms with Crippen LogP contribution in [-0.2, 0) is 9.84 Å². The molecular weight excluding hydrogens is 200 g/mol. The summed E-state index contributed by atoms with van der Waals surface area (Å²) in [5, 5.41) is 3.10. The molecule has 0 fully saturated rings. The summed E-state index contributed by atoms with van der Waals surface area (Å²) in [4.78, 5) is 0.248. The highest BCUT2D eigenvalue weighted by Crippen LogP contribution is 2.32. The van der Waals surface area contributed by atoms with Crippen LogP contribution in [0.1, 0.15) is 6.92 Å². The van der Waals surface area contributed by atoms with Gasteiger partial charge >= 0.3 is 0 Å². The Morgan fingerprint density at radius 1 is 1.50 bits per heavy atom. The molecule has 0 aromatic heterocycles. The number of sulfone groups is 1. The van der Waals surface area contributed by atoms with Crippen LogP contribution >= 0.6 is 0 Å². The predicted octanol–water partition coefficient (Wildman–Crippen LogP) is 0.857. The number of hydrogen-bond acceptors (Lipinski definition) is 4. The van der Waals surface area contributed by atoms with Gasteiger partial charge in [0.1, 0.15) is 4.90 Å². The van der Waals surface area contributed by atoms with Gasteiger partial charge in [-0.1, -0.05) is 6.07 Å². The summed E-state index contributed by atoms with van der Waals surface area (Å²) in [5.74, 6) is 0.105. The molecule has 1 unspecified atom stereocenters. The van der Waals surface area contributed by atoms with Crippen molar-refractivity contribution in [2.45, 2.75) is 17.9 Å². The summed E-state index contributed by atoms with van der Waals surface area (Å²) >= 11 is 0. The van der Waals surface area contributed by atoms with Crippen molar-refractivity contribution < 1.29 is 8.42 Å². The first-order valence-electron chi connectivity index (χ1n) is 4.38. The normalized spacial score (nSPS) is 23.6. The molecule has 2 rings (SSSR count). The quantitative estimate of drug-likeness (QED) is 0.625. The van der Waals surface area contributed by atoms with Crippen LogP contribution in [0.2, 0.25) is 0 Å². The fraction of sp³-hybridized carbons (Fsp3) is 0.333. The Kier molecular flexibility index (Phi) is 1.92. The van der Waals surface area contributed by atoms with Gasteiger partial charge in [0.15, 0.2) is 9.84 Å². The molecule has 0 saturated carbocycles. The smallest absolute Gasteiger partial charge is 0.184 e. The van der Waals surface area contributed by atoms with Crippen LogP contribution in [0, 0.1) is 0 Å². The highest BCUT2D eigenvalue weighted by molar-refractivity contribution is 7.91. The zero-order valence-corrected chi connectivity index (χ0v) is 8.64. The van der Waals surface area contributed by atoms with E-state index in [1.807, 2.05) is 6.92 Å². The van der Waals surface area contributed by atoms with E-state index >= 15 is 0 Å². The summed E-state index contributed by atoms with van der Waals surface area (Å²) < 4.78 is 23.6. The maximum atomic E-state index is 11.8. The second-order valence-corrected chi connectivity index (χ2v) is 5.52. The van der Waals surface area contributed by atoms with Gasteiger partial charge in [0, 0.05) is 6.04 Å². The van der Waals surface area contributed by atoms with E-state index in [9.17, 15) is 8.42 Å². The molecule has 1 aromatic carbocycles. The average molecular weight is 212 g/mol. The van der Waals surface area contributed by atoms with Gasteiger partial charge < -0.3 is 11.1 Å². The van der Waals surface area contributed by atoms with E-state index in [0.717, 1.165) is 0 Å². The van der Waals surface area contributed by atoms with Gasteiger partial charge in [-0.2, -0.15) is 0 Å². The number of rotatable bonds is 0. The molecule has 0 saturated heterocycles. The molecule has 14 heavy (non-hydrogen) atoms. The molecular formula is C9H12N2O2S. The van der Waals surface area contributed by atoms with Gasteiger partial charge in [-0.05, 0) is 19.1 Å². The summed E-state index contributed by atoms with van der Waals surface area (Å²) in [7, 11) is -3.21. The molecule has 0 aliphatic carbocycles. The number of anilines is 2. The second kappa shape index (κ2) is 2.88. The van der Waals surface area contributed by atoms with Crippen molar-refractivity contribution in [3.63, 3.8) is 0 Å². The van der Waals surface area contributed by atoms with Crippen LogP contribution in [0.15, 0.2) is 23.1 Å². The van der Waals surface area contributed by atoms with Crippen molar-refractivity contribution in [1.29, 1.82) is 0 Å². The molecule has 1 heterocycles. The van der Waals surface area contributed by atoms with Gasteiger partial charge in [0.25, 0.3) is 0 Å². The zero-order chi connectivity index (χ0) is 10.3. The van der Waals surface area contributed by atoms with Crippen LogP contribution in [0.3, 0.4) is 0 Å². The van der Waals surface area contributed by atoms with Crippen molar-refractivity contribution >= 4 is 21.2 Å². The molecule has 0 bridgehead atoms. The van der Waals surface area contributed by atoms with E-state index in [2.05, 4.69) is 5.32 Å². The molecule has 1 aliphatic rings. The molecule has 4 nitrogen and oxygen atoms in total. The molecule has 0 amide bonds. The van der Waals surface area contributed by atoms with E-state index in [1.54, 1.807) is 18.2 Å². The lowest BCUT2D eigenvalue weighted by molar-refractivity contribution is 0.589. The maximum Gasteiger partial charge on any atom is 0.184 e. The third-order valence-electron chi connectivity index (χ3n) is 2.23. The molecule has 1 aromatic rings. The van der Waals surface area contributed by atoms with Gasteiger partial charge in [-0.15, -0.1) is 0 Å². The van der Waals surface area contributed by atoms with E-state index in [-0.39, 0.29) is 16.7 Å². The van der Waals surface area contributed by atoms with E-state index in [0.29, 0.717) is 11.4 Å². The number of benzene rings is 1. The lowest BCUT2D eigenvalue weighted by atomic mass is 10.2. The molecule has 0 spiro atoms. The highest BCUT2D eigenvalue weighted by atomic mass is 32.2.